The Morgan fingerprint density at radius 2 is 2.33 bits per heavy atom. The van der Waals surface area contributed by atoms with Gasteiger partial charge in [-0.2, -0.15) is 5.10 Å². The number of anilines is 1. The molecule has 0 radical (unpaired) electrons. The quantitative estimate of drug-likeness (QED) is 0.848. The lowest BCUT2D eigenvalue weighted by Gasteiger charge is -2.10. The maximum Gasteiger partial charge on any atom is 0.168 e. The molecular weight excluding hydrogens is 228 g/mol. The summed E-state index contributed by atoms with van der Waals surface area (Å²) in [4.78, 5) is 4.27. The summed E-state index contributed by atoms with van der Waals surface area (Å²) < 4.78 is 7.40. The average molecular weight is 246 g/mol. The fourth-order valence-electron chi connectivity index (χ4n) is 1.67. The minimum atomic E-state index is 0.638. The molecule has 0 aromatic carbocycles. The van der Waals surface area contributed by atoms with Crippen LogP contribution in [0.4, 0.5) is 5.82 Å². The number of hydrogen-bond acceptors (Lipinski definition) is 4. The van der Waals surface area contributed by atoms with Gasteiger partial charge < -0.3 is 10.1 Å². The van der Waals surface area contributed by atoms with Gasteiger partial charge in [0.2, 0.25) is 0 Å². The minimum absolute atomic E-state index is 0.638. The van der Waals surface area contributed by atoms with Crippen molar-refractivity contribution in [1.29, 1.82) is 0 Å². The minimum Gasteiger partial charge on any atom is -0.490 e. The number of nitrogens with zero attached hydrogens (tertiary/aromatic N) is 3. The molecule has 18 heavy (non-hydrogen) atoms. The van der Waals surface area contributed by atoms with Gasteiger partial charge in [-0.3, -0.25) is 4.68 Å². The molecule has 0 amide bonds. The number of pyridine rings is 1. The van der Waals surface area contributed by atoms with E-state index in [1.807, 2.05) is 43.1 Å². The lowest BCUT2D eigenvalue weighted by atomic mass is 10.4. The number of rotatable bonds is 6. The van der Waals surface area contributed by atoms with Crippen LogP contribution in [0, 0.1) is 6.92 Å². The smallest absolute Gasteiger partial charge is 0.168 e. The lowest BCUT2D eigenvalue weighted by Crippen LogP contribution is -2.12. The fourth-order valence-corrected chi connectivity index (χ4v) is 1.67. The Labute approximate surface area is 107 Å². The molecule has 0 fully saturated rings. The van der Waals surface area contributed by atoms with E-state index in [1.54, 1.807) is 6.20 Å². The molecule has 0 aliphatic rings. The molecule has 0 aliphatic heterocycles. The number of hydrogen-bond donors (Lipinski definition) is 1. The van der Waals surface area contributed by atoms with Gasteiger partial charge in [0.15, 0.2) is 11.6 Å². The second kappa shape index (κ2) is 6.05. The van der Waals surface area contributed by atoms with Crippen molar-refractivity contribution in [1.82, 2.24) is 14.8 Å². The maximum absolute atomic E-state index is 5.50. The van der Waals surface area contributed by atoms with E-state index in [9.17, 15) is 0 Å². The van der Waals surface area contributed by atoms with Crippen LogP contribution in [-0.4, -0.2) is 27.9 Å². The van der Waals surface area contributed by atoms with Crippen LogP contribution in [0.25, 0.3) is 0 Å². The van der Waals surface area contributed by atoms with Crippen molar-refractivity contribution in [2.24, 2.45) is 0 Å². The summed E-state index contributed by atoms with van der Waals surface area (Å²) in [5, 5.41) is 7.49. The van der Waals surface area contributed by atoms with E-state index in [4.69, 9.17) is 4.74 Å². The van der Waals surface area contributed by atoms with Gasteiger partial charge in [-0.1, -0.05) is 0 Å². The van der Waals surface area contributed by atoms with Gasteiger partial charge in [-0.25, -0.2) is 4.98 Å². The van der Waals surface area contributed by atoms with Gasteiger partial charge in [0.05, 0.1) is 19.3 Å². The molecule has 0 bridgehead atoms. The third-order valence-electron chi connectivity index (χ3n) is 2.47. The molecule has 0 spiro atoms. The summed E-state index contributed by atoms with van der Waals surface area (Å²) in [6, 6.07) is 3.78. The first kappa shape index (κ1) is 12.4. The second-order valence-corrected chi connectivity index (χ2v) is 3.99. The Hall–Kier alpha value is -2.04. The fraction of sp³-hybridized carbons (Fsp3) is 0.385. The van der Waals surface area contributed by atoms with Crippen LogP contribution in [0.1, 0.15) is 12.5 Å². The van der Waals surface area contributed by atoms with Gasteiger partial charge in [-0.05, 0) is 31.5 Å². The van der Waals surface area contributed by atoms with E-state index >= 15 is 0 Å². The van der Waals surface area contributed by atoms with Crippen LogP contribution < -0.4 is 10.1 Å². The van der Waals surface area contributed by atoms with E-state index in [2.05, 4.69) is 15.4 Å². The van der Waals surface area contributed by atoms with Crippen LogP contribution in [-0.2, 0) is 6.54 Å². The Balaban J connectivity index is 1.89. The van der Waals surface area contributed by atoms with Crippen LogP contribution in [0.3, 0.4) is 0 Å². The Morgan fingerprint density at radius 3 is 3.06 bits per heavy atom. The Morgan fingerprint density at radius 1 is 1.44 bits per heavy atom. The normalized spacial score (nSPS) is 10.3. The molecule has 0 atom stereocenters. The van der Waals surface area contributed by atoms with E-state index in [-0.39, 0.29) is 0 Å². The summed E-state index contributed by atoms with van der Waals surface area (Å²) >= 11 is 0. The highest BCUT2D eigenvalue weighted by atomic mass is 16.5. The zero-order chi connectivity index (χ0) is 12.8. The number of aromatic nitrogens is 3. The van der Waals surface area contributed by atoms with Gasteiger partial charge in [-0.15, -0.1) is 0 Å². The maximum atomic E-state index is 5.50. The molecule has 1 N–H and O–H groups in total. The third-order valence-corrected chi connectivity index (χ3v) is 2.47. The zero-order valence-corrected chi connectivity index (χ0v) is 10.8. The standard InChI is InChI=1S/C13H18N4O/c1-3-18-12-5-4-6-14-13(12)15-7-8-17-10-11(2)9-16-17/h4-6,9-10H,3,7-8H2,1-2H3,(H,14,15). The van der Waals surface area contributed by atoms with Crippen molar-refractivity contribution >= 4 is 5.82 Å². The molecule has 2 heterocycles. The Bertz CT molecular complexity index is 495. The summed E-state index contributed by atoms with van der Waals surface area (Å²) in [5.41, 5.74) is 1.17. The van der Waals surface area contributed by atoms with Crippen LogP contribution in [0.5, 0.6) is 5.75 Å². The lowest BCUT2D eigenvalue weighted by molar-refractivity contribution is 0.340. The van der Waals surface area contributed by atoms with Gasteiger partial charge >= 0.3 is 0 Å². The topological polar surface area (TPSA) is 52.0 Å². The van der Waals surface area contributed by atoms with E-state index in [0.717, 1.165) is 24.7 Å². The van der Waals surface area contributed by atoms with Crippen molar-refractivity contribution in [3.8, 4) is 5.75 Å². The first-order valence-electron chi connectivity index (χ1n) is 6.10. The molecule has 2 rings (SSSR count). The summed E-state index contributed by atoms with van der Waals surface area (Å²) in [5.74, 6) is 1.57. The van der Waals surface area contributed by atoms with Gasteiger partial charge in [0.25, 0.3) is 0 Å². The van der Waals surface area contributed by atoms with Gasteiger partial charge in [0, 0.05) is 18.9 Å². The van der Waals surface area contributed by atoms with E-state index in [1.165, 1.54) is 5.56 Å². The summed E-state index contributed by atoms with van der Waals surface area (Å²) in [7, 11) is 0. The average Bonchev–Trinajstić information content (AvgIpc) is 2.78. The van der Waals surface area contributed by atoms with Crippen molar-refractivity contribution in [2.45, 2.75) is 20.4 Å². The number of aryl methyl sites for hydroxylation is 1. The van der Waals surface area contributed by atoms with Crippen LogP contribution in [0.15, 0.2) is 30.7 Å². The number of nitrogens with one attached hydrogen (secondary N) is 1. The highest BCUT2D eigenvalue weighted by Crippen LogP contribution is 2.20. The highest BCUT2D eigenvalue weighted by molar-refractivity contribution is 5.49. The molecule has 0 unspecified atom stereocenters. The van der Waals surface area contributed by atoms with Crippen molar-refractivity contribution < 1.29 is 4.74 Å². The zero-order valence-electron chi connectivity index (χ0n) is 10.8. The monoisotopic (exact) mass is 246 g/mol. The molecule has 96 valence electrons. The molecule has 2 aromatic heterocycles. The molecular formula is C13H18N4O. The summed E-state index contributed by atoms with van der Waals surface area (Å²) in [6.07, 6.45) is 5.62. The van der Waals surface area contributed by atoms with E-state index in [0.29, 0.717) is 6.61 Å². The predicted molar refractivity (Wildman–Crippen MR) is 70.9 cm³/mol. The second-order valence-electron chi connectivity index (χ2n) is 3.99. The SMILES string of the molecule is CCOc1cccnc1NCCn1cc(C)cn1. The molecule has 0 saturated heterocycles. The summed E-state index contributed by atoms with van der Waals surface area (Å²) in [6.45, 7) is 6.19. The predicted octanol–water partition coefficient (Wildman–Crippen LogP) is 2.10. The molecule has 5 nitrogen and oxygen atoms in total. The Kier molecular flexibility index (Phi) is 4.17. The van der Waals surface area contributed by atoms with E-state index < -0.39 is 0 Å². The molecule has 5 heteroatoms. The largest absolute Gasteiger partial charge is 0.490 e. The van der Waals surface area contributed by atoms with Crippen molar-refractivity contribution in [2.75, 3.05) is 18.5 Å². The van der Waals surface area contributed by atoms with Crippen molar-refractivity contribution in [3.63, 3.8) is 0 Å². The van der Waals surface area contributed by atoms with Crippen molar-refractivity contribution in [3.05, 3.63) is 36.3 Å². The van der Waals surface area contributed by atoms with Crippen LogP contribution >= 0.6 is 0 Å². The molecule has 0 aliphatic carbocycles. The molecule has 0 saturated carbocycles. The third kappa shape index (κ3) is 3.23. The highest BCUT2D eigenvalue weighted by Gasteiger charge is 2.02. The number of ether oxygens (including phenoxy) is 1. The van der Waals surface area contributed by atoms with Gasteiger partial charge in [0.1, 0.15) is 0 Å². The van der Waals surface area contributed by atoms with Crippen LogP contribution in [0.2, 0.25) is 0 Å². The molecule has 2 aromatic rings. The first-order valence-corrected chi connectivity index (χ1v) is 6.10. The first-order chi connectivity index (χ1) is 8.79.